The Balaban J connectivity index is 1.79. The summed E-state index contributed by atoms with van der Waals surface area (Å²) in [6.45, 7) is 4.27. The maximum Gasteiger partial charge on any atom is 0.251 e. The lowest BCUT2D eigenvalue weighted by atomic mass is 10.2. The molecule has 2 rings (SSSR count). The summed E-state index contributed by atoms with van der Waals surface area (Å²) < 4.78 is 0. The summed E-state index contributed by atoms with van der Waals surface area (Å²) in [5.41, 5.74) is 2.65. The van der Waals surface area contributed by atoms with Gasteiger partial charge in [-0.15, -0.1) is 0 Å². The molecule has 3 amide bonds. The van der Waals surface area contributed by atoms with Gasteiger partial charge in [-0.3, -0.25) is 14.4 Å². The van der Waals surface area contributed by atoms with Crippen molar-refractivity contribution in [2.45, 2.75) is 26.7 Å². The van der Waals surface area contributed by atoms with Crippen LogP contribution in [0.3, 0.4) is 0 Å². The van der Waals surface area contributed by atoms with Crippen molar-refractivity contribution in [3.8, 4) is 0 Å². The van der Waals surface area contributed by atoms with Crippen LogP contribution in [0.25, 0.3) is 0 Å². The number of carbonyl (C=O) groups excluding carboxylic acids is 3. The van der Waals surface area contributed by atoms with Gasteiger partial charge in [0, 0.05) is 36.1 Å². The Morgan fingerprint density at radius 1 is 0.821 bits per heavy atom. The summed E-state index contributed by atoms with van der Waals surface area (Å²) in [4.78, 5) is 35.0. The van der Waals surface area contributed by atoms with Crippen molar-refractivity contribution < 1.29 is 14.4 Å². The van der Waals surface area contributed by atoms with Crippen molar-refractivity contribution in [1.29, 1.82) is 0 Å². The molecule has 0 aliphatic rings. The van der Waals surface area contributed by atoms with Crippen LogP contribution < -0.4 is 21.3 Å². The fraction of sp³-hybridized carbons (Fsp3) is 0.286. The van der Waals surface area contributed by atoms with Gasteiger partial charge in [-0.25, -0.2) is 0 Å². The van der Waals surface area contributed by atoms with Crippen LogP contribution in [0, 0.1) is 0 Å². The zero-order chi connectivity index (χ0) is 20.4. The molecule has 0 radical (unpaired) electrons. The smallest absolute Gasteiger partial charge is 0.251 e. The van der Waals surface area contributed by atoms with E-state index < -0.39 is 0 Å². The largest absolute Gasteiger partial charge is 0.376 e. The van der Waals surface area contributed by atoms with Crippen LogP contribution >= 0.6 is 0 Å². The summed E-state index contributed by atoms with van der Waals surface area (Å²) in [6, 6.07) is 13.9. The molecule has 0 saturated heterocycles. The Bertz CT molecular complexity index is 801. The average molecular weight is 382 g/mol. The molecule has 0 heterocycles. The third-order valence-corrected chi connectivity index (χ3v) is 3.91. The molecule has 4 N–H and O–H groups in total. The first-order valence-electron chi connectivity index (χ1n) is 9.27. The molecule has 28 heavy (non-hydrogen) atoms. The average Bonchev–Trinajstić information content (AvgIpc) is 2.68. The molecule has 148 valence electrons. The van der Waals surface area contributed by atoms with E-state index in [9.17, 15) is 14.4 Å². The van der Waals surface area contributed by atoms with Gasteiger partial charge in [-0.1, -0.05) is 13.3 Å². The number of anilines is 3. The minimum atomic E-state index is -0.203. The fourth-order valence-electron chi connectivity index (χ4n) is 2.45. The Kier molecular flexibility index (Phi) is 8.02. The molecule has 0 aliphatic carbocycles. The molecule has 0 aromatic heterocycles. The second kappa shape index (κ2) is 10.7. The molecule has 7 nitrogen and oxygen atoms in total. The van der Waals surface area contributed by atoms with Gasteiger partial charge >= 0.3 is 0 Å². The first kappa shape index (κ1) is 21.0. The van der Waals surface area contributed by atoms with Gasteiger partial charge < -0.3 is 21.3 Å². The monoisotopic (exact) mass is 382 g/mol. The summed E-state index contributed by atoms with van der Waals surface area (Å²) in [5, 5.41) is 11.3. The maximum atomic E-state index is 12.1. The molecule has 0 aliphatic heterocycles. The van der Waals surface area contributed by atoms with Crippen LogP contribution in [-0.2, 0) is 9.59 Å². The third-order valence-electron chi connectivity index (χ3n) is 3.91. The Labute approximate surface area is 164 Å². The van der Waals surface area contributed by atoms with Crippen LogP contribution in [0.15, 0.2) is 48.5 Å². The van der Waals surface area contributed by atoms with E-state index in [0.717, 1.165) is 18.5 Å². The van der Waals surface area contributed by atoms with Gasteiger partial charge in [0.25, 0.3) is 5.91 Å². The maximum absolute atomic E-state index is 12.1. The van der Waals surface area contributed by atoms with E-state index in [0.29, 0.717) is 23.5 Å². The van der Waals surface area contributed by atoms with E-state index in [2.05, 4.69) is 28.2 Å². The quantitative estimate of drug-likeness (QED) is 0.500. The van der Waals surface area contributed by atoms with Crippen LogP contribution in [0.4, 0.5) is 17.1 Å². The number of carbonyl (C=O) groups is 3. The Morgan fingerprint density at radius 2 is 1.39 bits per heavy atom. The Morgan fingerprint density at radius 3 is 2.00 bits per heavy atom. The van der Waals surface area contributed by atoms with Crippen molar-refractivity contribution in [2.24, 2.45) is 0 Å². The predicted molar refractivity (Wildman–Crippen MR) is 112 cm³/mol. The van der Waals surface area contributed by atoms with Gasteiger partial charge in [-0.2, -0.15) is 0 Å². The first-order valence-corrected chi connectivity index (χ1v) is 9.27. The van der Waals surface area contributed by atoms with E-state index in [1.54, 1.807) is 48.5 Å². The van der Waals surface area contributed by atoms with E-state index in [1.807, 2.05) is 0 Å². The van der Waals surface area contributed by atoms with E-state index in [1.165, 1.54) is 6.92 Å². The topological polar surface area (TPSA) is 99.3 Å². The molecule has 0 unspecified atom stereocenters. The van der Waals surface area contributed by atoms with Gasteiger partial charge in [-0.05, 0) is 55.0 Å². The first-order chi connectivity index (χ1) is 13.5. The zero-order valence-electron chi connectivity index (χ0n) is 16.2. The van der Waals surface area contributed by atoms with Crippen molar-refractivity contribution in [1.82, 2.24) is 5.32 Å². The van der Waals surface area contributed by atoms with Crippen molar-refractivity contribution >= 4 is 34.8 Å². The lowest BCUT2D eigenvalue weighted by Gasteiger charge is -2.09. The standard InChI is InChI=1S/C21H26N4O3/c1-3-4-13-22-21(28)16-5-7-19(8-6-16)25-20(27)14-23-17-9-11-18(12-10-17)24-15(2)26/h5-12,23H,3-4,13-14H2,1-2H3,(H,22,28)(H,24,26)(H,25,27). The number of hydrogen-bond donors (Lipinski definition) is 4. The highest BCUT2D eigenvalue weighted by Gasteiger charge is 2.06. The molecule has 2 aromatic rings. The summed E-state index contributed by atoms with van der Waals surface area (Å²) >= 11 is 0. The molecular weight excluding hydrogens is 356 g/mol. The molecule has 0 atom stereocenters. The number of benzene rings is 2. The number of hydrogen-bond acceptors (Lipinski definition) is 4. The predicted octanol–water partition coefficient (Wildman–Crippen LogP) is 3.23. The van der Waals surface area contributed by atoms with Crippen molar-refractivity contribution in [2.75, 3.05) is 29.0 Å². The van der Waals surface area contributed by atoms with Gasteiger partial charge in [0.1, 0.15) is 0 Å². The van der Waals surface area contributed by atoms with Crippen LogP contribution in [0.5, 0.6) is 0 Å². The second-order valence-corrected chi connectivity index (χ2v) is 6.35. The minimum absolute atomic E-state index is 0.0960. The van der Waals surface area contributed by atoms with Crippen molar-refractivity contribution in [3.63, 3.8) is 0 Å². The summed E-state index contributed by atoms with van der Waals surface area (Å²) in [5.74, 6) is -0.452. The number of rotatable bonds is 9. The van der Waals surface area contributed by atoms with Crippen LogP contribution in [-0.4, -0.2) is 30.8 Å². The SMILES string of the molecule is CCCCNC(=O)c1ccc(NC(=O)CNc2ccc(NC(C)=O)cc2)cc1. The van der Waals surface area contributed by atoms with Crippen molar-refractivity contribution in [3.05, 3.63) is 54.1 Å². The highest BCUT2D eigenvalue weighted by atomic mass is 16.2. The normalized spacial score (nSPS) is 10.1. The highest BCUT2D eigenvalue weighted by molar-refractivity contribution is 5.96. The third kappa shape index (κ3) is 7.11. The highest BCUT2D eigenvalue weighted by Crippen LogP contribution is 2.14. The molecule has 0 bridgehead atoms. The summed E-state index contributed by atoms with van der Waals surface area (Å²) in [7, 11) is 0. The van der Waals surface area contributed by atoms with Gasteiger partial charge in [0.15, 0.2) is 0 Å². The molecule has 2 aromatic carbocycles. The van der Waals surface area contributed by atoms with E-state index in [4.69, 9.17) is 0 Å². The second-order valence-electron chi connectivity index (χ2n) is 6.35. The lowest BCUT2D eigenvalue weighted by Crippen LogP contribution is -2.24. The zero-order valence-corrected chi connectivity index (χ0v) is 16.2. The number of nitrogens with one attached hydrogen (secondary N) is 4. The summed E-state index contributed by atoms with van der Waals surface area (Å²) in [6.07, 6.45) is 1.97. The van der Waals surface area contributed by atoms with Crippen LogP contribution in [0.2, 0.25) is 0 Å². The Hall–Kier alpha value is -3.35. The van der Waals surface area contributed by atoms with Gasteiger partial charge in [0.2, 0.25) is 11.8 Å². The lowest BCUT2D eigenvalue weighted by molar-refractivity contribution is -0.115. The number of unbranched alkanes of at least 4 members (excludes halogenated alkanes) is 1. The number of amides is 3. The molecule has 0 spiro atoms. The molecule has 7 heteroatoms. The minimum Gasteiger partial charge on any atom is -0.376 e. The van der Waals surface area contributed by atoms with E-state index >= 15 is 0 Å². The fourth-order valence-corrected chi connectivity index (χ4v) is 2.45. The van der Waals surface area contributed by atoms with Gasteiger partial charge in [0.05, 0.1) is 6.54 Å². The molecule has 0 fully saturated rings. The van der Waals surface area contributed by atoms with Crippen LogP contribution in [0.1, 0.15) is 37.0 Å². The molecule has 0 saturated carbocycles. The molecular formula is C21H26N4O3. The van der Waals surface area contributed by atoms with E-state index in [-0.39, 0.29) is 24.3 Å².